The third kappa shape index (κ3) is 2.89. The van der Waals surface area contributed by atoms with Crippen LogP contribution >= 0.6 is 11.6 Å². The molecule has 0 saturated heterocycles. The summed E-state index contributed by atoms with van der Waals surface area (Å²) >= 11 is 5.68. The minimum Gasteiger partial charge on any atom is -0.426 e. The van der Waals surface area contributed by atoms with Crippen molar-refractivity contribution in [2.45, 2.75) is 0 Å². The standard InChI is InChI=1S/C12H10ClN3O2/c13-10-7-4-8-11(16(10)18)15-12(17)14-9-5-2-1-3-6-9/h1-8,18H,(H,14,17)/b15-11-. The summed E-state index contributed by atoms with van der Waals surface area (Å²) in [6, 6.07) is 12.8. The monoisotopic (exact) mass is 263 g/mol. The Morgan fingerprint density at radius 3 is 2.61 bits per heavy atom. The van der Waals surface area contributed by atoms with Crippen molar-refractivity contribution in [3.05, 3.63) is 59.2 Å². The molecule has 2 N–H and O–H groups in total. The Morgan fingerprint density at radius 2 is 1.89 bits per heavy atom. The molecule has 0 atom stereocenters. The van der Waals surface area contributed by atoms with Gasteiger partial charge in [0.05, 0.1) is 0 Å². The fraction of sp³-hybridized carbons (Fsp3) is 0. The Hall–Kier alpha value is -2.27. The number of rotatable bonds is 1. The molecule has 1 aromatic carbocycles. The molecule has 0 radical (unpaired) electrons. The number of nitrogens with zero attached hydrogens (tertiary/aromatic N) is 2. The number of carbonyl (C=O) groups is 1. The van der Waals surface area contributed by atoms with Crippen LogP contribution in [0.1, 0.15) is 0 Å². The summed E-state index contributed by atoms with van der Waals surface area (Å²) in [6.45, 7) is 0. The van der Waals surface area contributed by atoms with Gasteiger partial charge in [0.2, 0.25) is 0 Å². The van der Waals surface area contributed by atoms with Gasteiger partial charge in [0.15, 0.2) is 5.49 Å². The number of nitrogens with one attached hydrogen (secondary N) is 1. The van der Waals surface area contributed by atoms with Gasteiger partial charge >= 0.3 is 6.03 Å². The number of hydrogen-bond acceptors (Lipinski definition) is 2. The summed E-state index contributed by atoms with van der Waals surface area (Å²) in [7, 11) is 0. The predicted octanol–water partition coefficient (Wildman–Crippen LogP) is 2.51. The number of pyridine rings is 1. The first-order valence-electron chi connectivity index (χ1n) is 5.14. The SMILES string of the molecule is O=C(/N=c1/cccc(Cl)n1O)Nc1ccccc1. The topological polar surface area (TPSA) is 66.6 Å². The molecule has 0 unspecified atom stereocenters. The summed E-state index contributed by atoms with van der Waals surface area (Å²) in [5.41, 5.74) is 0.675. The quantitative estimate of drug-likeness (QED) is 0.613. The first kappa shape index (κ1) is 12.2. The molecule has 92 valence electrons. The van der Waals surface area contributed by atoms with Gasteiger partial charge in [0.1, 0.15) is 5.15 Å². The maximum absolute atomic E-state index is 11.6. The number of urea groups is 1. The third-order valence-electron chi connectivity index (χ3n) is 2.14. The van der Waals surface area contributed by atoms with Crippen molar-refractivity contribution in [3.8, 4) is 0 Å². The van der Waals surface area contributed by atoms with E-state index in [1.54, 1.807) is 30.3 Å². The lowest BCUT2D eigenvalue weighted by molar-refractivity contribution is 0.172. The summed E-state index contributed by atoms with van der Waals surface area (Å²) in [4.78, 5) is 15.3. The molecule has 2 rings (SSSR count). The summed E-state index contributed by atoms with van der Waals surface area (Å²) < 4.78 is 0.631. The molecule has 5 nitrogen and oxygen atoms in total. The highest BCUT2D eigenvalue weighted by Gasteiger charge is 2.01. The average Bonchev–Trinajstić information content (AvgIpc) is 2.36. The molecule has 2 amide bonds. The molecule has 18 heavy (non-hydrogen) atoms. The highest BCUT2D eigenvalue weighted by Crippen LogP contribution is 2.05. The van der Waals surface area contributed by atoms with Crippen LogP contribution in [-0.4, -0.2) is 16.0 Å². The van der Waals surface area contributed by atoms with E-state index in [1.807, 2.05) is 6.07 Å². The molecule has 0 spiro atoms. The van der Waals surface area contributed by atoms with Crippen molar-refractivity contribution in [1.82, 2.24) is 4.73 Å². The fourth-order valence-electron chi connectivity index (χ4n) is 1.33. The number of para-hydroxylation sites is 1. The van der Waals surface area contributed by atoms with E-state index in [2.05, 4.69) is 10.3 Å². The second-order valence-corrected chi connectivity index (χ2v) is 3.81. The molecule has 0 aliphatic carbocycles. The Balaban J connectivity index is 2.23. The zero-order valence-corrected chi connectivity index (χ0v) is 10.0. The van der Waals surface area contributed by atoms with Crippen molar-refractivity contribution < 1.29 is 10.0 Å². The molecule has 0 fully saturated rings. The van der Waals surface area contributed by atoms with Gasteiger partial charge < -0.3 is 10.5 Å². The van der Waals surface area contributed by atoms with Crippen LogP contribution in [0.3, 0.4) is 0 Å². The van der Waals surface area contributed by atoms with E-state index in [4.69, 9.17) is 11.6 Å². The molecule has 1 aromatic heterocycles. The number of halogens is 1. The van der Waals surface area contributed by atoms with Gasteiger partial charge in [-0.05, 0) is 24.3 Å². The molecular formula is C12H10ClN3O2. The lowest BCUT2D eigenvalue weighted by Crippen LogP contribution is -2.22. The van der Waals surface area contributed by atoms with Crippen LogP contribution in [0.15, 0.2) is 53.5 Å². The summed E-state index contributed by atoms with van der Waals surface area (Å²) in [5.74, 6) is 0. The Bertz CT molecular complexity index is 623. The third-order valence-corrected chi connectivity index (χ3v) is 2.43. The van der Waals surface area contributed by atoms with Gasteiger partial charge in [-0.1, -0.05) is 35.9 Å². The van der Waals surface area contributed by atoms with E-state index >= 15 is 0 Å². The van der Waals surface area contributed by atoms with Crippen molar-refractivity contribution >= 4 is 23.3 Å². The van der Waals surface area contributed by atoms with Gasteiger partial charge in [-0.25, -0.2) is 4.79 Å². The molecule has 6 heteroatoms. The maximum Gasteiger partial charge on any atom is 0.347 e. The van der Waals surface area contributed by atoms with E-state index in [-0.39, 0.29) is 10.6 Å². The number of carbonyl (C=O) groups excluding carboxylic acids is 1. The largest absolute Gasteiger partial charge is 0.426 e. The van der Waals surface area contributed by atoms with Crippen molar-refractivity contribution in [2.24, 2.45) is 4.99 Å². The molecule has 0 bridgehead atoms. The van der Waals surface area contributed by atoms with Crippen LogP contribution in [0.4, 0.5) is 10.5 Å². The van der Waals surface area contributed by atoms with Crippen molar-refractivity contribution in [3.63, 3.8) is 0 Å². The predicted molar refractivity (Wildman–Crippen MR) is 67.7 cm³/mol. The van der Waals surface area contributed by atoms with Gasteiger partial charge in [0, 0.05) is 5.69 Å². The minimum atomic E-state index is -0.591. The second-order valence-electron chi connectivity index (χ2n) is 3.43. The number of anilines is 1. The van der Waals surface area contributed by atoms with Gasteiger partial charge in [-0.2, -0.15) is 9.72 Å². The van der Waals surface area contributed by atoms with Crippen LogP contribution in [0.25, 0.3) is 0 Å². The second kappa shape index (κ2) is 5.37. The van der Waals surface area contributed by atoms with Crippen LogP contribution < -0.4 is 10.8 Å². The number of hydrogen-bond donors (Lipinski definition) is 2. The molecule has 0 aliphatic heterocycles. The first-order valence-corrected chi connectivity index (χ1v) is 5.52. The number of amides is 2. The van der Waals surface area contributed by atoms with Gasteiger partial charge in [-0.15, -0.1) is 0 Å². The normalized spacial score (nSPS) is 11.3. The minimum absolute atomic E-state index is 0.0518. The fourth-order valence-corrected chi connectivity index (χ4v) is 1.49. The number of aromatic nitrogens is 1. The van der Waals surface area contributed by atoms with E-state index in [9.17, 15) is 10.0 Å². The number of benzene rings is 1. The average molecular weight is 264 g/mol. The summed E-state index contributed by atoms with van der Waals surface area (Å²) in [5, 5.41) is 12.2. The van der Waals surface area contributed by atoms with E-state index in [0.29, 0.717) is 10.4 Å². The van der Waals surface area contributed by atoms with Crippen molar-refractivity contribution in [1.29, 1.82) is 0 Å². The van der Waals surface area contributed by atoms with Crippen LogP contribution in [0.5, 0.6) is 0 Å². The van der Waals surface area contributed by atoms with Gasteiger partial charge in [0.25, 0.3) is 0 Å². The molecule has 2 aromatic rings. The smallest absolute Gasteiger partial charge is 0.347 e. The molecule has 0 saturated carbocycles. The van der Waals surface area contributed by atoms with Crippen molar-refractivity contribution in [2.75, 3.05) is 5.32 Å². The van der Waals surface area contributed by atoms with Crippen LogP contribution in [0.2, 0.25) is 5.15 Å². The lowest BCUT2D eigenvalue weighted by Gasteiger charge is -2.02. The molecule has 1 heterocycles. The van der Waals surface area contributed by atoms with Gasteiger partial charge in [-0.3, -0.25) is 0 Å². The Labute approximate surface area is 108 Å². The molecular weight excluding hydrogens is 254 g/mol. The molecule has 0 aliphatic rings. The Morgan fingerprint density at radius 1 is 1.17 bits per heavy atom. The van der Waals surface area contributed by atoms with E-state index in [1.165, 1.54) is 12.1 Å². The van der Waals surface area contributed by atoms with E-state index in [0.717, 1.165) is 0 Å². The highest BCUT2D eigenvalue weighted by atomic mass is 35.5. The zero-order chi connectivity index (χ0) is 13.0. The maximum atomic E-state index is 11.6. The first-order chi connectivity index (χ1) is 8.66. The summed E-state index contributed by atoms with van der Waals surface area (Å²) in [6.07, 6.45) is 0. The van der Waals surface area contributed by atoms with Crippen LogP contribution in [0, 0.1) is 0 Å². The zero-order valence-electron chi connectivity index (χ0n) is 9.25. The van der Waals surface area contributed by atoms with Crippen LogP contribution in [-0.2, 0) is 0 Å². The highest BCUT2D eigenvalue weighted by molar-refractivity contribution is 6.29. The lowest BCUT2D eigenvalue weighted by atomic mass is 10.3. The Kier molecular flexibility index (Phi) is 3.64. The van der Waals surface area contributed by atoms with E-state index < -0.39 is 6.03 Å².